The molecule has 0 heterocycles. The number of oxime groups is 1. The van der Waals surface area contributed by atoms with Crippen molar-refractivity contribution >= 4 is 5.71 Å². The van der Waals surface area contributed by atoms with Crippen LogP contribution in [-0.4, -0.2) is 17.5 Å². The molecule has 8 heavy (non-hydrogen) atoms. The van der Waals surface area contributed by atoms with Crippen LogP contribution in [0.15, 0.2) is 10.3 Å². The Morgan fingerprint density at radius 3 is 2.88 bits per heavy atom. The van der Waals surface area contributed by atoms with Crippen molar-refractivity contribution in [3.8, 4) is 0 Å². The molecule has 0 amide bonds. The summed E-state index contributed by atoms with van der Waals surface area (Å²) >= 11 is 0. The third-order valence-corrected chi connectivity index (χ3v) is 0.533. The maximum atomic E-state index is 7.97. The van der Waals surface area contributed by atoms with Crippen molar-refractivity contribution in [2.45, 2.75) is 6.92 Å². The van der Waals surface area contributed by atoms with Crippen molar-refractivity contribution < 1.29 is 5.21 Å². The lowest BCUT2D eigenvalue weighted by atomic mass is 10.4. The zero-order chi connectivity index (χ0) is 6.41. The summed E-state index contributed by atoms with van der Waals surface area (Å²) in [6, 6.07) is 0. The third kappa shape index (κ3) is 2.99. The first-order valence-electron chi connectivity index (χ1n) is 1.99. The van der Waals surface area contributed by atoms with Crippen molar-refractivity contribution in [3.63, 3.8) is 0 Å². The first-order chi connectivity index (χ1) is 3.81. The standard InChI is InChI=1S/C3H6N4O/c1-3(6-8)2-5-7-4/h8H,2H2,1H3/b6-3+. The van der Waals surface area contributed by atoms with E-state index in [-0.39, 0.29) is 6.54 Å². The fourth-order valence-electron chi connectivity index (χ4n) is 0.166. The zero-order valence-corrected chi connectivity index (χ0v) is 4.44. The molecule has 0 aromatic carbocycles. The Kier molecular flexibility index (Phi) is 3.35. The molecule has 44 valence electrons. The van der Waals surface area contributed by atoms with E-state index in [2.05, 4.69) is 15.2 Å². The molecule has 0 spiro atoms. The minimum absolute atomic E-state index is 0.132. The highest BCUT2D eigenvalue weighted by Gasteiger charge is 1.83. The van der Waals surface area contributed by atoms with E-state index in [1.807, 2.05) is 0 Å². The van der Waals surface area contributed by atoms with Gasteiger partial charge in [0.15, 0.2) is 0 Å². The molecule has 0 saturated heterocycles. The lowest BCUT2D eigenvalue weighted by Gasteiger charge is -1.83. The Labute approximate surface area is 46.2 Å². The van der Waals surface area contributed by atoms with Crippen LogP contribution in [0.25, 0.3) is 10.4 Å². The minimum atomic E-state index is 0.132. The summed E-state index contributed by atoms with van der Waals surface area (Å²) in [6.07, 6.45) is 0. The summed E-state index contributed by atoms with van der Waals surface area (Å²) < 4.78 is 0. The maximum absolute atomic E-state index is 7.97. The van der Waals surface area contributed by atoms with E-state index in [9.17, 15) is 0 Å². The van der Waals surface area contributed by atoms with Gasteiger partial charge in [0, 0.05) is 4.91 Å². The second-order valence-electron chi connectivity index (χ2n) is 1.22. The van der Waals surface area contributed by atoms with Gasteiger partial charge in [-0.05, 0) is 12.5 Å². The third-order valence-electron chi connectivity index (χ3n) is 0.533. The highest BCUT2D eigenvalue weighted by atomic mass is 16.4. The van der Waals surface area contributed by atoms with Gasteiger partial charge in [0.2, 0.25) is 0 Å². The van der Waals surface area contributed by atoms with E-state index >= 15 is 0 Å². The van der Waals surface area contributed by atoms with E-state index in [0.29, 0.717) is 5.71 Å². The quantitative estimate of drug-likeness (QED) is 0.143. The number of hydrogen-bond donors (Lipinski definition) is 1. The molecule has 0 unspecified atom stereocenters. The van der Waals surface area contributed by atoms with Gasteiger partial charge in [-0.25, -0.2) is 0 Å². The smallest absolute Gasteiger partial charge is 0.0675 e. The molecule has 0 aliphatic heterocycles. The average molecular weight is 114 g/mol. The largest absolute Gasteiger partial charge is 0.411 e. The van der Waals surface area contributed by atoms with Crippen molar-refractivity contribution in [1.82, 2.24) is 0 Å². The van der Waals surface area contributed by atoms with Crippen LogP contribution >= 0.6 is 0 Å². The zero-order valence-electron chi connectivity index (χ0n) is 4.44. The molecular formula is C3H6N4O. The van der Waals surface area contributed by atoms with Crippen LogP contribution < -0.4 is 0 Å². The molecule has 0 atom stereocenters. The van der Waals surface area contributed by atoms with E-state index in [0.717, 1.165) is 0 Å². The monoisotopic (exact) mass is 114 g/mol. The number of hydrogen-bond acceptors (Lipinski definition) is 3. The van der Waals surface area contributed by atoms with Crippen LogP contribution in [0.2, 0.25) is 0 Å². The van der Waals surface area contributed by atoms with Crippen LogP contribution in [0.4, 0.5) is 0 Å². The van der Waals surface area contributed by atoms with Crippen LogP contribution in [0.1, 0.15) is 6.92 Å². The average Bonchev–Trinajstić information content (AvgIpc) is 1.83. The van der Waals surface area contributed by atoms with E-state index in [1.54, 1.807) is 6.92 Å². The van der Waals surface area contributed by atoms with Crippen molar-refractivity contribution in [1.29, 1.82) is 0 Å². The fraction of sp³-hybridized carbons (Fsp3) is 0.667. The van der Waals surface area contributed by atoms with Crippen molar-refractivity contribution in [2.75, 3.05) is 6.54 Å². The highest BCUT2D eigenvalue weighted by molar-refractivity contribution is 5.83. The Morgan fingerprint density at radius 1 is 1.88 bits per heavy atom. The molecule has 0 aromatic rings. The number of rotatable bonds is 2. The number of nitrogens with zero attached hydrogens (tertiary/aromatic N) is 4. The predicted molar refractivity (Wildman–Crippen MR) is 28.9 cm³/mol. The molecule has 5 nitrogen and oxygen atoms in total. The minimum Gasteiger partial charge on any atom is -0.411 e. The Balaban J connectivity index is 3.55. The second-order valence-corrected chi connectivity index (χ2v) is 1.22. The van der Waals surface area contributed by atoms with E-state index in [1.165, 1.54) is 0 Å². The molecule has 0 fully saturated rings. The summed E-state index contributed by atoms with van der Waals surface area (Å²) in [5.74, 6) is 0. The van der Waals surface area contributed by atoms with Crippen molar-refractivity contribution in [2.24, 2.45) is 10.3 Å². The van der Waals surface area contributed by atoms with Crippen LogP contribution in [0.3, 0.4) is 0 Å². The molecule has 0 radical (unpaired) electrons. The molecule has 0 bridgehead atoms. The summed E-state index contributed by atoms with van der Waals surface area (Å²) in [5.41, 5.74) is 8.14. The van der Waals surface area contributed by atoms with Gasteiger partial charge in [0.1, 0.15) is 0 Å². The van der Waals surface area contributed by atoms with E-state index in [4.69, 9.17) is 10.7 Å². The Bertz CT molecular complexity index is 134. The predicted octanol–water partition coefficient (Wildman–Crippen LogP) is 1.15. The topological polar surface area (TPSA) is 81.4 Å². The summed E-state index contributed by atoms with van der Waals surface area (Å²) in [6.45, 7) is 1.70. The first kappa shape index (κ1) is 6.78. The van der Waals surface area contributed by atoms with Gasteiger partial charge in [0.05, 0.1) is 12.3 Å². The Hall–Kier alpha value is -1.22. The lowest BCUT2D eigenvalue weighted by Crippen LogP contribution is -1.93. The molecule has 0 rings (SSSR count). The fourth-order valence-corrected chi connectivity index (χ4v) is 0.166. The maximum Gasteiger partial charge on any atom is 0.0675 e. The molecule has 1 N–H and O–H groups in total. The van der Waals surface area contributed by atoms with Gasteiger partial charge >= 0.3 is 0 Å². The SMILES string of the molecule is C/C(CN=[N+]=[N-])=N\O. The molecule has 5 heteroatoms. The molecule has 0 saturated carbocycles. The summed E-state index contributed by atoms with van der Waals surface area (Å²) in [7, 11) is 0. The van der Waals surface area contributed by atoms with Crippen molar-refractivity contribution in [3.05, 3.63) is 10.4 Å². The highest BCUT2D eigenvalue weighted by Crippen LogP contribution is 1.75. The normalized spacial score (nSPS) is 10.4. The lowest BCUT2D eigenvalue weighted by molar-refractivity contribution is 0.318. The van der Waals surface area contributed by atoms with Gasteiger partial charge in [-0.15, -0.1) is 0 Å². The number of azide groups is 1. The van der Waals surface area contributed by atoms with Gasteiger partial charge < -0.3 is 5.21 Å². The van der Waals surface area contributed by atoms with Gasteiger partial charge in [-0.3, -0.25) is 0 Å². The summed E-state index contributed by atoms with van der Waals surface area (Å²) in [4.78, 5) is 2.46. The van der Waals surface area contributed by atoms with Gasteiger partial charge in [-0.2, -0.15) is 0 Å². The van der Waals surface area contributed by atoms with Crippen LogP contribution in [-0.2, 0) is 0 Å². The molecule has 0 aromatic heterocycles. The van der Waals surface area contributed by atoms with Crippen LogP contribution in [0, 0.1) is 0 Å². The van der Waals surface area contributed by atoms with E-state index < -0.39 is 0 Å². The first-order valence-corrected chi connectivity index (χ1v) is 1.99. The Morgan fingerprint density at radius 2 is 2.50 bits per heavy atom. The van der Waals surface area contributed by atoms with Gasteiger partial charge in [-0.1, -0.05) is 10.3 Å². The summed E-state index contributed by atoms with van der Waals surface area (Å²) in [5, 5.41) is 13.9. The van der Waals surface area contributed by atoms with Gasteiger partial charge in [0.25, 0.3) is 0 Å². The molecule has 0 aliphatic rings. The van der Waals surface area contributed by atoms with Crippen LogP contribution in [0.5, 0.6) is 0 Å². The molecule has 0 aliphatic carbocycles. The molecular weight excluding hydrogens is 108 g/mol. The second kappa shape index (κ2) is 3.95.